The van der Waals surface area contributed by atoms with Gasteiger partial charge in [0, 0.05) is 12.0 Å². The van der Waals surface area contributed by atoms with Crippen LogP contribution >= 0.6 is 0 Å². The second-order valence-electron chi connectivity index (χ2n) is 5.70. The minimum Gasteiger partial charge on any atom is -0.342 e. The fraction of sp³-hybridized carbons (Fsp3) is 0.562. The highest BCUT2D eigenvalue weighted by molar-refractivity contribution is 5.78. The number of fused-ring (bicyclic) bond motifs is 1. The molecule has 3 heteroatoms. The number of aryl methyl sites for hydroxylation is 1. The zero-order valence-electron chi connectivity index (χ0n) is 11.9. The van der Waals surface area contributed by atoms with Crippen molar-refractivity contribution in [3.63, 3.8) is 0 Å². The second-order valence-corrected chi connectivity index (χ2v) is 5.70. The molecule has 0 amide bonds. The van der Waals surface area contributed by atoms with Gasteiger partial charge in [-0.3, -0.25) is 0 Å². The molecular formula is C16H23N3. The molecule has 1 aromatic carbocycles. The summed E-state index contributed by atoms with van der Waals surface area (Å²) >= 11 is 0. The number of para-hydroxylation sites is 1. The molecule has 2 N–H and O–H groups in total. The van der Waals surface area contributed by atoms with Crippen molar-refractivity contribution >= 4 is 11.0 Å². The highest BCUT2D eigenvalue weighted by atomic mass is 14.9. The van der Waals surface area contributed by atoms with Crippen molar-refractivity contribution in [3.8, 4) is 0 Å². The number of aromatic nitrogens is 2. The lowest BCUT2D eigenvalue weighted by Crippen LogP contribution is -2.32. The monoisotopic (exact) mass is 257 g/mol. The first-order chi connectivity index (χ1) is 9.28. The molecule has 3 rings (SSSR count). The van der Waals surface area contributed by atoms with Gasteiger partial charge in [0.15, 0.2) is 0 Å². The first-order valence-electron chi connectivity index (χ1n) is 7.46. The van der Waals surface area contributed by atoms with Gasteiger partial charge in [-0.1, -0.05) is 19.1 Å². The lowest BCUT2D eigenvalue weighted by molar-refractivity contribution is 0.342. The topological polar surface area (TPSA) is 40.7 Å². The van der Waals surface area contributed by atoms with Crippen LogP contribution in [0.2, 0.25) is 0 Å². The van der Waals surface area contributed by atoms with E-state index in [0.717, 1.165) is 12.1 Å². The molecule has 1 aliphatic rings. The van der Waals surface area contributed by atoms with Gasteiger partial charge in [0.1, 0.15) is 5.82 Å². The van der Waals surface area contributed by atoms with Gasteiger partial charge in [0.2, 0.25) is 0 Å². The molecule has 0 saturated heterocycles. The molecule has 0 bridgehead atoms. The molecule has 19 heavy (non-hydrogen) atoms. The third kappa shape index (κ3) is 2.52. The standard InChI is InChI=1S/C16H23N3/c1-3-17-13-9-7-12(8-10-13)16-18-14-6-4-5-11(2)15(14)19-16/h4-6,12-13,17H,3,7-10H2,1-2H3,(H,18,19)/t12-,13+. The van der Waals surface area contributed by atoms with E-state index in [1.54, 1.807) is 0 Å². The first kappa shape index (κ1) is 12.7. The summed E-state index contributed by atoms with van der Waals surface area (Å²) in [5.74, 6) is 1.81. The van der Waals surface area contributed by atoms with E-state index in [4.69, 9.17) is 4.98 Å². The van der Waals surface area contributed by atoms with E-state index in [1.807, 2.05) is 0 Å². The highest BCUT2D eigenvalue weighted by Crippen LogP contribution is 2.32. The van der Waals surface area contributed by atoms with Gasteiger partial charge >= 0.3 is 0 Å². The number of hydrogen-bond acceptors (Lipinski definition) is 2. The quantitative estimate of drug-likeness (QED) is 0.883. The van der Waals surface area contributed by atoms with Gasteiger partial charge < -0.3 is 10.3 Å². The van der Waals surface area contributed by atoms with E-state index in [-0.39, 0.29) is 0 Å². The Morgan fingerprint density at radius 3 is 2.74 bits per heavy atom. The minimum absolute atomic E-state index is 0.613. The van der Waals surface area contributed by atoms with Crippen LogP contribution in [-0.4, -0.2) is 22.6 Å². The maximum Gasteiger partial charge on any atom is 0.110 e. The molecule has 0 aliphatic heterocycles. The molecule has 3 nitrogen and oxygen atoms in total. The van der Waals surface area contributed by atoms with Crippen molar-refractivity contribution in [2.24, 2.45) is 0 Å². The van der Waals surface area contributed by atoms with E-state index in [1.165, 1.54) is 42.6 Å². The Bertz CT molecular complexity index is 550. The molecule has 0 atom stereocenters. The fourth-order valence-electron chi connectivity index (χ4n) is 3.25. The van der Waals surface area contributed by atoms with Gasteiger partial charge in [0.25, 0.3) is 0 Å². The summed E-state index contributed by atoms with van der Waals surface area (Å²) in [5.41, 5.74) is 3.59. The van der Waals surface area contributed by atoms with E-state index >= 15 is 0 Å². The van der Waals surface area contributed by atoms with E-state index in [0.29, 0.717) is 12.0 Å². The Morgan fingerprint density at radius 1 is 1.26 bits per heavy atom. The first-order valence-corrected chi connectivity index (χ1v) is 7.46. The molecule has 102 valence electrons. The van der Waals surface area contributed by atoms with Crippen LogP contribution in [0.1, 0.15) is 49.9 Å². The number of benzene rings is 1. The van der Waals surface area contributed by atoms with Crippen molar-refractivity contribution in [1.82, 2.24) is 15.3 Å². The van der Waals surface area contributed by atoms with Crippen molar-refractivity contribution in [3.05, 3.63) is 29.6 Å². The smallest absolute Gasteiger partial charge is 0.110 e. The maximum absolute atomic E-state index is 4.83. The molecule has 2 aromatic rings. The van der Waals surface area contributed by atoms with Crippen molar-refractivity contribution in [2.75, 3.05) is 6.54 Å². The summed E-state index contributed by atoms with van der Waals surface area (Å²) in [6.07, 6.45) is 5.04. The lowest BCUT2D eigenvalue weighted by atomic mass is 9.85. The number of nitrogens with zero attached hydrogens (tertiary/aromatic N) is 1. The Hall–Kier alpha value is -1.35. The van der Waals surface area contributed by atoms with Crippen molar-refractivity contribution < 1.29 is 0 Å². The van der Waals surface area contributed by atoms with Gasteiger partial charge in [0.05, 0.1) is 11.0 Å². The number of H-pyrrole nitrogens is 1. The van der Waals surface area contributed by atoms with Crippen LogP contribution in [0.25, 0.3) is 11.0 Å². The molecular weight excluding hydrogens is 234 g/mol. The average molecular weight is 257 g/mol. The predicted molar refractivity (Wildman–Crippen MR) is 79.5 cm³/mol. The summed E-state index contributed by atoms with van der Waals surface area (Å²) in [4.78, 5) is 8.35. The highest BCUT2D eigenvalue weighted by Gasteiger charge is 2.24. The Morgan fingerprint density at radius 2 is 2.05 bits per heavy atom. The maximum atomic E-state index is 4.83. The van der Waals surface area contributed by atoms with Gasteiger partial charge in [-0.15, -0.1) is 0 Å². The predicted octanol–water partition coefficient (Wildman–Crippen LogP) is 3.51. The third-order valence-electron chi connectivity index (χ3n) is 4.34. The summed E-state index contributed by atoms with van der Waals surface area (Å²) in [5, 5.41) is 3.56. The van der Waals surface area contributed by atoms with E-state index < -0.39 is 0 Å². The summed E-state index contributed by atoms with van der Waals surface area (Å²) in [7, 11) is 0. The molecule has 1 fully saturated rings. The zero-order chi connectivity index (χ0) is 13.2. The van der Waals surface area contributed by atoms with Gasteiger partial charge in [-0.05, 0) is 50.8 Å². The summed E-state index contributed by atoms with van der Waals surface area (Å²) in [6.45, 7) is 5.41. The van der Waals surface area contributed by atoms with Crippen molar-refractivity contribution in [2.45, 2.75) is 51.5 Å². The van der Waals surface area contributed by atoms with Gasteiger partial charge in [-0.2, -0.15) is 0 Å². The van der Waals surface area contributed by atoms with Crippen LogP contribution in [0.15, 0.2) is 18.2 Å². The lowest BCUT2D eigenvalue weighted by Gasteiger charge is -2.27. The number of hydrogen-bond donors (Lipinski definition) is 2. The largest absolute Gasteiger partial charge is 0.342 e. The molecule has 0 radical (unpaired) electrons. The SMILES string of the molecule is CCN[C@H]1CC[C@@H](c2nc3c(C)cccc3[nH]2)CC1. The summed E-state index contributed by atoms with van der Waals surface area (Å²) < 4.78 is 0. The molecule has 1 aliphatic carbocycles. The normalized spacial score (nSPS) is 23.9. The van der Waals surface area contributed by atoms with Crippen LogP contribution in [0, 0.1) is 6.92 Å². The van der Waals surface area contributed by atoms with E-state index in [2.05, 4.69) is 42.3 Å². The number of aromatic amines is 1. The second kappa shape index (κ2) is 5.33. The Kier molecular flexibility index (Phi) is 3.56. The Labute approximate surface area is 114 Å². The number of nitrogens with one attached hydrogen (secondary N) is 2. The van der Waals surface area contributed by atoms with Crippen LogP contribution < -0.4 is 5.32 Å². The molecule has 1 saturated carbocycles. The number of imidazole rings is 1. The van der Waals surface area contributed by atoms with Gasteiger partial charge in [-0.25, -0.2) is 4.98 Å². The van der Waals surface area contributed by atoms with Crippen LogP contribution in [0.4, 0.5) is 0 Å². The molecule has 0 spiro atoms. The molecule has 1 aromatic heterocycles. The molecule has 0 unspecified atom stereocenters. The average Bonchev–Trinajstić information content (AvgIpc) is 2.85. The summed E-state index contributed by atoms with van der Waals surface area (Å²) in [6, 6.07) is 7.08. The third-order valence-corrected chi connectivity index (χ3v) is 4.34. The fourth-order valence-corrected chi connectivity index (χ4v) is 3.25. The van der Waals surface area contributed by atoms with Crippen LogP contribution in [0.3, 0.4) is 0 Å². The van der Waals surface area contributed by atoms with Crippen LogP contribution in [0.5, 0.6) is 0 Å². The van der Waals surface area contributed by atoms with Crippen molar-refractivity contribution in [1.29, 1.82) is 0 Å². The van der Waals surface area contributed by atoms with Crippen LogP contribution in [-0.2, 0) is 0 Å². The van der Waals surface area contributed by atoms with E-state index in [9.17, 15) is 0 Å². The zero-order valence-corrected chi connectivity index (χ0v) is 11.9. The minimum atomic E-state index is 0.613. The number of rotatable bonds is 3. The molecule has 1 heterocycles. The Balaban J connectivity index is 1.77.